The molecule has 4 atom stereocenters. The van der Waals surface area contributed by atoms with E-state index in [0.29, 0.717) is 64.3 Å². The zero-order valence-corrected chi connectivity index (χ0v) is 65.7. The summed E-state index contributed by atoms with van der Waals surface area (Å²) >= 11 is 4.76. The first-order chi connectivity index (χ1) is 45.6. The first-order valence-electron chi connectivity index (χ1n) is 38.1. The molecule has 9 heterocycles. The molecule has 94 heavy (non-hydrogen) atoms. The van der Waals surface area contributed by atoms with Gasteiger partial charge in [0.2, 0.25) is 0 Å². The Labute approximate surface area is 586 Å². The van der Waals surface area contributed by atoms with Crippen molar-refractivity contribution in [1.82, 2.24) is 9.80 Å². The fraction of sp³-hybridized carbons (Fsp3) is 0.654. The van der Waals surface area contributed by atoms with Gasteiger partial charge in [-0.05, 0) is 62.3 Å². The van der Waals surface area contributed by atoms with Crippen LogP contribution >= 0.6 is 45.3 Å². The molecule has 3 aliphatic heterocycles. The van der Waals surface area contributed by atoms with E-state index in [1.54, 1.807) is 25.7 Å². The first kappa shape index (κ1) is 74.4. The van der Waals surface area contributed by atoms with E-state index in [0.717, 1.165) is 54.2 Å². The summed E-state index contributed by atoms with van der Waals surface area (Å²) in [5.74, 6) is 3.20. The van der Waals surface area contributed by atoms with Gasteiger partial charge in [-0.3, -0.25) is 14.5 Å². The van der Waals surface area contributed by atoms with Crippen molar-refractivity contribution >= 4 is 91.0 Å². The number of hydrogen-bond donors (Lipinski definition) is 0. The van der Waals surface area contributed by atoms with Crippen LogP contribution < -0.4 is 8.79 Å². The summed E-state index contributed by atoms with van der Waals surface area (Å²) in [4.78, 5) is 68.5. The van der Waals surface area contributed by atoms with Crippen LogP contribution in [0.4, 0.5) is 0 Å². The zero-order valence-electron chi connectivity index (χ0n) is 60.3. The van der Waals surface area contributed by atoms with Crippen molar-refractivity contribution in [1.29, 1.82) is 0 Å². The molecule has 1 aliphatic carbocycles. The van der Waals surface area contributed by atoms with E-state index in [9.17, 15) is 19.2 Å². The zero-order chi connectivity index (χ0) is 67.1. The van der Waals surface area contributed by atoms with E-state index in [1.807, 2.05) is 47.9 Å². The molecule has 0 saturated heterocycles. The molecule has 10 rings (SSSR count). The van der Waals surface area contributed by atoms with Crippen LogP contribution in [0.2, 0.25) is 10.5 Å². The SMILES string of the molecule is CCCCCCCCN1C(=O)c2c(C)oc(-c3c[c]4c(s3)-c3sc(C)c[c]3[Ge]4([CH2]CCCCCCC)[CH2]C(CC)CCCC)c2C1=O.CCCCCCCCN1C(=O)c2c(C)oc(-c3cc4c(s3)-c3sc(C)cc3C4(CCCCCCCC)CC(CC)CCCC)c2C1=O. The number of aryl methyl sites for hydroxylation is 4. The van der Waals surface area contributed by atoms with E-state index in [-0.39, 0.29) is 29.0 Å². The number of fused-ring (bicyclic) bond motifs is 8. The van der Waals surface area contributed by atoms with Crippen LogP contribution in [0.1, 0.15) is 348 Å². The summed E-state index contributed by atoms with van der Waals surface area (Å²) in [5.41, 5.74) is 5.00. The second-order valence-corrected chi connectivity index (χ2v) is 42.2. The van der Waals surface area contributed by atoms with Gasteiger partial charge in [0.05, 0.1) is 10.4 Å². The summed E-state index contributed by atoms with van der Waals surface area (Å²) in [7, 11) is 0. The van der Waals surface area contributed by atoms with Crippen molar-refractivity contribution in [2.45, 2.75) is 317 Å². The minimum absolute atomic E-state index is 0.00218. The smallest absolute Gasteiger partial charge is 0.265 e. The molecular formula is C81H118GeN2O6S4. The van der Waals surface area contributed by atoms with Crippen LogP contribution in [-0.2, 0) is 5.41 Å². The molecule has 0 radical (unpaired) electrons. The summed E-state index contributed by atoms with van der Waals surface area (Å²) in [6.45, 7) is 27.7. The number of carbonyl (C=O) groups excluding carboxylic acids is 4. The molecule has 0 saturated carbocycles. The minimum atomic E-state index is -2.76. The minimum Gasteiger partial charge on any atom is -0.459 e. The summed E-state index contributed by atoms with van der Waals surface area (Å²) < 4.78 is 16.1. The van der Waals surface area contributed by atoms with E-state index >= 15 is 0 Å². The third-order valence-corrected chi connectivity index (χ3v) is 38.5. The van der Waals surface area contributed by atoms with Crippen LogP contribution in [0.15, 0.2) is 33.1 Å². The second-order valence-electron chi connectivity index (χ2n) is 28.9. The molecule has 4 amide bonds. The summed E-state index contributed by atoms with van der Waals surface area (Å²) in [6, 6.07) is 9.90. The number of imide groups is 2. The molecule has 6 aromatic rings. The normalized spacial score (nSPS) is 17.5. The van der Waals surface area contributed by atoms with Gasteiger partial charge >= 0.3 is 277 Å². The average molecular weight is 1420 g/mol. The maximum Gasteiger partial charge on any atom is 0.265 e. The molecule has 0 fully saturated rings. The predicted molar refractivity (Wildman–Crippen MR) is 405 cm³/mol. The first-order valence-corrected chi connectivity index (χ1v) is 46.5. The maximum absolute atomic E-state index is 13.9. The van der Waals surface area contributed by atoms with Crippen molar-refractivity contribution in [3.05, 3.63) is 78.9 Å². The quantitative estimate of drug-likeness (QED) is 0.0215. The standard InChI is InChI=1S/C41H59NO3S2.C40H59GeNO3S2/c2*1-7-11-14-16-18-20-23-41(27-30(10-4)22-13-9-3)31-25-28(5)46-37(31)38-32(41)26-33(47-38)36-35-34(29(6)45-36)39(43)42(40(35)44)24-21-19-17-15-12-8-2/h2*25-26,30H,7-24,27H2,1-6H3. The van der Waals surface area contributed by atoms with Crippen molar-refractivity contribution in [3.8, 4) is 40.8 Å². The van der Waals surface area contributed by atoms with E-state index in [1.165, 1.54) is 235 Å². The Morgan fingerprint density at radius 3 is 1.33 bits per heavy atom. The summed E-state index contributed by atoms with van der Waals surface area (Å²) in [5, 5.41) is 2.73. The van der Waals surface area contributed by atoms with Crippen LogP contribution in [-0.4, -0.2) is 59.8 Å². The summed E-state index contributed by atoms with van der Waals surface area (Å²) in [6.07, 6.45) is 41.8. The third-order valence-electron chi connectivity index (χ3n) is 21.8. The maximum atomic E-state index is 13.9. The van der Waals surface area contributed by atoms with E-state index in [2.05, 4.69) is 93.5 Å². The largest absolute Gasteiger partial charge is 0.459 e. The molecule has 8 nitrogen and oxygen atoms in total. The molecular weight excluding hydrogens is 1300 g/mol. The van der Waals surface area contributed by atoms with Crippen LogP contribution in [0.3, 0.4) is 0 Å². The van der Waals surface area contributed by atoms with Gasteiger partial charge < -0.3 is 4.42 Å². The molecule has 6 aromatic heterocycles. The van der Waals surface area contributed by atoms with E-state index in [4.69, 9.17) is 8.83 Å². The number of hydrogen-bond acceptors (Lipinski definition) is 10. The Hall–Kier alpha value is -3.82. The number of thiophene rings is 4. The topological polar surface area (TPSA) is 101 Å². The molecule has 516 valence electrons. The molecule has 13 heteroatoms. The molecule has 0 N–H and O–H groups in total. The molecule has 4 unspecified atom stereocenters. The van der Waals surface area contributed by atoms with Crippen molar-refractivity contribution in [2.75, 3.05) is 13.1 Å². The Morgan fingerprint density at radius 2 is 0.809 bits per heavy atom. The fourth-order valence-corrected chi connectivity index (χ4v) is 36.9. The van der Waals surface area contributed by atoms with Crippen molar-refractivity contribution in [2.24, 2.45) is 11.8 Å². The Kier molecular flexibility index (Phi) is 27.9. The van der Waals surface area contributed by atoms with Gasteiger partial charge in [0.1, 0.15) is 11.3 Å². The molecule has 0 aromatic carbocycles. The third kappa shape index (κ3) is 16.1. The van der Waals surface area contributed by atoms with Gasteiger partial charge in [-0.2, -0.15) is 0 Å². The van der Waals surface area contributed by atoms with Gasteiger partial charge in [-0.15, -0.1) is 22.7 Å². The van der Waals surface area contributed by atoms with Crippen LogP contribution in [0.5, 0.6) is 0 Å². The second kappa shape index (κ2) is 35.3. The fourth-order valence-electron chi connectivity index (χ4n) is 16.5. The number of carbonyl (C=O) groups is 4. The Morgan fingerprint density at radius 1 is 0.415 bits per heavy atom. The van der Waals surface area contributed by atoms with Gasteiger partial charge in [0, 0.05) is 26.6 Å². The van der Waals surface area contributed by atoms with Gasteiger partial charge in [-0.1, -0.05) is 144 Å². The Balaban J connectivity index is 0.000000221. The van der Waals surface area contributed by atoms with Gasteiger partial charge in [0.15, 0.2) is 5.76 Å². The molecule has 0 bridgehead atoms. The van der Waals surface area contributed by atoms with Crippen molar-refractivity contribution in [3.63, 3.8) is 0 Å². The molecule has 4 aliphatic rings. The van der Waals surface area contributed by atoms with Crippen molar-refractivity contribution < 1.29 is 28.0 Å². The van der Waals surface area contributed by atoms with Gasteiger partial charge in [0.25, 0.3) is 11.8 Å². The number of furan rings is 2. The van der Waals surface area contributed by atoms with Crippen LogP contribution in [0.25, 0.3) is 40.8 Å². The predicted octanol–water partition coefficient (Wildman–Crippen LogP) is 25.0. The monoisotopic (exact) mass is 1420 g/mol. The van der Waals surface area contributed by atoms with E-state index < -0.39 is 13.3 Å². The number of rotatable bonds is 42. The average Bonchev–Trinajstić information content (AvgIpc) is 1.55. The number of nitrogens with zero attached hydrogens (tertiary/aromatic N) is 2. The molecule has 0 spiro atoms. The number of unbranched alkanes of at least 4 members (excludes halogenated alkanes) is 22. The Bertz CT molecular complexity index is 3250. The van der Waals surface area contributed by atoms with Gasteiger partial charge in [-0.25, -0.2) is 0 Å². The van der Waals surface area contributed by atoms with Crippen LogP contribution in [0, 0.1) is 39.5 Å². The number of amides is 4.